The van der Waals surface area contributed by atoms with E-state index in [9.17, 15) is 18.7 Å². The van der Waals surface area contributed by atoms with Crippen LogP contribution in [0.3, 0.4) is 0 Å². The number of furan rings is 3. The van der Waals surface area contributed by atoms with E-state index in [0.29, 0.717) is 66.2 Å². The van der Waals surface area contributed by atoms with Crippen molar-refractivity contribution in [2.45, 2.75) is 40.6 Å². The number of hydrogen-bond acceptors (Lipinski definition) is 15. The van der Waals surface area contributed by atoms with Gasteiger partial charge in [0.25, 0.3) is 11.8 Å². The van der Waals surface area contributed by atoms with Gasteiger partial charge in [0, 0.05) is 67.7 Å². The number of rotatable bonds is 22. The molecule has 3 aromatic carbocycles. The van der Waals surface area contributed by atoms with Crippen LogP contribution in [0.2, 0.25) is 15.1 Å². The number of carbonyl (C=O) groups excluding carboxylic acids is 2. The molecule has 0 aliphatic carbocycles. The van der Waals surface area contributed by atoms with Crippen LogP contribution in [-0.4, -0.2) is 77.9 Å². The van der Waals surface area contributed by atoms with Crippen LogP contribution in [0.15, 0.2) is 105 Å². The van der Waals surface area contributed by atoms with E-state index < -0.39 is 15.2 Å². The number of benzene rings is 3. The van der Waals surface area contributed by atoms with Crippen molar-refractivity contribution in [2.24, 2.45) is 0 Å². The lowest BCUT2D eigenvalue weighted by molar-refractivity contribution is 0.101. The summed E-state index contributed by atoms with van der Waals surface area (Å²) >= 11 is 23.8. The molecule has 0 aliphatic heterocycles. The monoisotopic (exact) mass is 1100 g/mol. The van der Waals surface area contributed by atoms with Crippen molar-refractivity contribution in [1.29, 1.82) is 0 Å². The number of anilines is 3. The van der Waals surface area contributed by atoms with Gasteiger partial charge < -0.3 is 61.5 Å². The molecule has 6 rings (SSSR count). The predicted octanol–water partition coefficient (Wildman–Crippen LogP) is 13.2. The maximum atomic E-state index is 12.2. The molecule has 0 saturated heterocycles. The molecule has 0 atom stereocenters. The average Bonchev–Trinajstić information content (AvgIpc) is 4.13. The lowest BCUT2D eigenvalue weighted by atomic mass is 10.2. The first-order valence-corrected chi connectivity index (χ1v) is 26.4. The fraction of sp³-hybridized carbons (Fsp3) is 0.312. The summed E-state index contributed by atoms with van der Waals surface area (Å²) < 4.78 is 74.9. The highest BCUT2D eigenvalue weighted by Crippen LogP contribution is 2.46. The van der Waals surface area contributed by atoms with Gasteiger partial charge in [0.05, 0.1) is 80.8 Å². The van der Waals surface area contributed by atoms with Crippen molar-refractivity contribution in [3.63, 3.8) is 0 Å². The Labute approximate surface area is 433 Å². The van der Waals surface area contributed by atoms with Gasteiger partial charge in [-0.05, 0) is 110 Å². The standard InChI is InChI=1S/C17H21ClNO6P.C17H21ClNO5PS.C14H14ClNO3/c1-12-15(6-7-25-12)17(20)19-14-4-5-16(18)13(10-14)11-24-8-9-26(21,22-2)23-3;1-12-15(6-7-24-12)17(26)19-14-4-5-16(18)13(10-14)11-23-8-9-25(20,21-2)22-3;1-9-12(5-6-19-9)14(17)16-11-3-4-13(15)10(7-11)8-18-2/h4-7,10H,8-9,11H2,1-3H3,(H,19,20);4-7,10H,8-9,11H2,1-3H3,(H,19,26);3-7H,8H2,1-2H3,(H,16,17). The Balaban J connectivity index is 0.000000235. The number of nitrogens with one attached hydrogen (secondary N) is 3. The van der Waals surface area contributed by atoms with Crippen molar-refractivity contribution in [3.8, 4) is 0 Å². The van der Waals surface area contributed by atoms with E-state index in [1.807, 2.05) is 25.1 Å². The molecule has 0 aliphatic rings. The smallest absolute Gasteiger partial charge is 0.332 e. The van der Waals surface area contributed by atoms with Crippen molar-refractivity contribution in [2.75, 3.05) is 77.0 Å². The quantitative estimate of drug-likeness (QED) is 0.0328. The topological polar surface area (TPSA) is 208 Å². The van der Waals surface area contributed by atoms with Crippen molar-refractivity contribution in [1.82, 2.24) is 0 Å². The van der Waals surface area contributed by atoms with Crippen LogP contribution in [0.4, 0.5) is 17.1 Å². The fourth-order valence-corrected chi connectivity index (χ4v) is 8.71. The number of hydrogen-bond donors (Lipinski definition) is 3. The second kappa shape index (κ2) is 29.2. The van der Waals surface area contributed by atoms with Crippen molar-refractivity contribution in [3.05, 3.63) is 157 Å². The Morgan fingerprint density at radius 2 is 0.859 bits per heavy atom. The largest absolute Gasteiger partial charge is 0.469 e. The summed E-state index contributed by atoms with van der Waals surface area (Å²) in [5.41, 5.74) is 6.16. The molecule has 0 fully saturated rings. The molecule has 71 heavy (non-hydrogen) atoms. The molecule has 23 heteroatoms. The number of methoxy groups -OCH3 is 1. The number of ether oxygens (including phenoxy) is 3. The van der Waals surface area contributed by atoms with Crippen LogP contribution < -0.4 is 16.0 Å². The lowest BCUT2D eigenvalue weighted by Gasteiger charge is -2.14. The average molecular weight is 1100 g/mol. The summed E-state index contributed by atoms with van der Waals surface area (Å²) in [4.78, 5) is 24.8. The molecular weight excluding hydrogens is 1040 g/mol. The van der Waals surface area contributed by atoms with Crippen LogP contribution in [0.25, 0.3) is 0 Å². The van der Waals surface area contributed by atoms with E-state index in [-0.39, 0.29) is 50.6 Å². The third-order valence-corrected chi connectivity index (χ3v) is 15.3. The van der Waals surface area contributed by atoms with Gasteiger partial charge in [0.2, 0.25) is 0 Å². The minimum atomic E-state index is -3.10. The van der Waals surface area contributed by atoms with E-state index in [2.05, 4.69) is 16.0 Å². The van der Waals surface area contributed by atoms with E-state index in [4.69, 9.17) is 92.6 Å². The van der Waals surface area contributed by atoms with Crippen LogP contribution in [0.1, 0.15) is 60.3 Å². The molecule has 384 valence electrons. The van der Waals surface area contributed by atoms with Gasteiger partial charge in [-0.2, -0.15) is 0 Å². The number of amides is 2. The van der Waals surface area contributed by atoms with Gasteiger partial charge >= 0.3 is 15.2 Å². The molecule has 2 amide bonds. The Kier molecular flexibility index (Phi) is 24.2. The van der Waals surface area contributed by atoms with Crippen LogP contribution in [0.5, 0.6) is 0 Å². The van der Waals surface area contributed by atoms with Gasteiger partial charge in [0.15, 0.2) is 0 Å². The van der Waals surface area contributed by atoms with E-state index >= 15 is 0 Å². The van der Waals surface area contributed by atoms with Crippen LogP contribution in [-0.2, 0) is 61.3 Å². The molecule has 3 heterocycles. The van der Waals surface area contributed by atoms with Crippen LogP contribution >= 0.6 is 62.2 Å². The number of halogens is 3. The number of thiocarbonyl (C=S) groups is 1. The number of aryl methyl sites for hydroxylation is 3. The Morgan fingerprint density at radius 3 is 1.18 bits per heavy atom. The number of carbonyl (C=O) groups is 2. The zero-order valence-electron chi connectivity index (χ0n) is 40.3. The third kappa shape index (κ3) is 18.4. The van der Waals surface area contributed by atoms with Gasteiger partial charge in [-0.25, -0.2) is 0 Å². The summed E-state index contributed by atoms with van der Waals surface area (Å²) in [7, 11) is 0.776. The minimum absolute atomic E-state index is 0.133. The van der Waals surface area contributed by atoms with E-state index in [1.54, 1.807) is 81.8 Å². The lowest BCUT2D eigenvalue weighted by Crippen LogP contribution is -2.12. The van der Waals surface area contributed by atoms with Crippen LogP contribution in [0, 0.1) is 20.8 Å². The summed E-state index contributed by atoms with van der Waals surface area (Å²) in [6.07, 6.45) is 4.85. The maximum Gasteiger partial charge on any atom is 0.332 e. The molecule has 3 aromatic heterocycles. The van der Waals surface area contributed by atoms with Gasteiger partial charge in [-0.1, -0.05) is 47.0 Å². The molecule has 0 bridgehead atoms. The SMILES string of the molecule is COCc1cc(NC(=O)c2ccoc2C)ccc1Cl.COP(=O)(CCOCc1cc(NC(=O)c2ccoc2C)ccc1Cl)OC.COP(=O)(CCOCc1cc(NC(=S)c2ccoc2C)ccc1Cl)OC. The van der Waals surface area contributed by atoms with E-state index in [0.717, 1.165) is 28.1 Å². The first-order chi connectivity index (χ1) is 33.9. The predicted molar refractivity (Wildman–Crippen MR) is 279 cm³/mol. The van der Waals surface area contributed by atoms with Gasteiger partial charge in [0.1, 0.15) is 22.3 Å². The van der Waals surface area contributed by atoms with Crippen molar-refractivity contribution < 1.29 is 64.3 Å². The first kappa shape index (κ1) is 58.9. The van der Waals surface area contributed by atoms with Gasteiger partial charge in [-0.3, -0.25) is 18.7 Å². The summed E-state index contributed by atoms with van der Waals surface area (Å²) in [6, 6.07) is 20.9. The Bertz CT molecular complexity index is 2650. The zero-order valence-corrected chi connectivity index (χ0v) is 45.1. The first-order valence-electron chi connectivity index (χ1n) is 21.4. The summed E-state index contributed by atoms with van der Waals surface area (Å²) in [5.74, 6) is 1.40. The molecule has 0 unspecified atom stereocenters. The molecule has 3 N–H and O–H groups in total. The fourth-order valence-electron chi connectivity index (χ4n) is 6.13. The third-order valence-electron chi connectivity index (χ3n) is 10.2. The normalized spacial score (nSPS) is 11.3. The van der Waals surface area contributed by atoms with Gasteiger partial charge in [-0.15, -0.1) is 0 Å². The zero-order chi connectivity index (χ0) is 52.1. The van der Waals surface area contributed by atoms with E-state index in [1.165, 1.54) is 41.0 Å². The highest BCUT2D eigenvalue weighted by Gasteiger charge is 2.22. The molecular formula is C48H56Cl3N3O14P2S. The summed E-state index contributed by atoms with van der Waals surface area (Å²) in [6.45, 7) is 6.57. The second-order valence-electron chi connectivity index (χ2n) is 14.9. The molecule has 0 spiro atoms. The summed E-state index contributed by atoms with van der Waals surface area (Å²) in [5, 5.41) is 10.4. The van der Waals surface area contributed by atoms with Crippen molar-refractivity contribution >= 4 is 96.1 Å². The molecule has 0 saturated carbocycles. The Hall–Kier alpha value is -4.62. The molecule has 6 aromatic rings. The highest BCUT2D eigenvalue weighted by atomic mass is 35.5. The minimum Gasteiger partial charge on any atom is -0.469 e. The maximum absolute atomic E-state index is 12.2. The molecule has 0 radical (unpaired) electrons. The highest BCUT2D eigenvalue weighted by molar-refractivity contribution is 7.81. The Morgan fingerprint density at radius 1 is 0.521 bits per heavy atom. The second-order valence-corrected chi connectivity index (χ2v) is 21.3. The molecule has 17 nitrogen and oxygen atoms in total.